The van der Waals surface area contributed by atoms with Gasteiger partial charge in [-0.3, -0.25) is 9.59 Å². The number of sulfonamides is 1. The molecule has 0 spiro atoms. The number of ether oxygens (including phenoxy) is 1. The van der Waals surface area contributed by atoms with E-state index in [1.54, 1.807) is 23.6 Å². The lowest BCUT2D eigenvalue weighted by atomic mass is 10.2. The molecular weight excluding hydrogens is 390 g/mol. The maximum atomic E-state index is 12.3. The molecule has 0 unspecified atom stereocenters. The van der Waals surface area contributed by atoms with Crippen LogP contribution in [0.25, 0.3) is 0 Å². The molecule has 2 aromatic rings. The van der Waals surface area contributed by atoms with Crippen LogP contribution in [-0.4, -0.2) is 32.9 Å². The van der Waals surface area contributed by atoms with Gasteiger partial charge in [-0.2, -0.15) is 9.98 Å². The number of aryl methyl sites for hydroxylation is 1. The van der Waals surface area contributed by atoms with Crippen molar-refractivity contribution in [3.8, 4) is 6.07 Å². The third kappa shape index (κ3) is 5.62. The van der Waals surface area contributed by atoms with Crippen molar-refractivity contribution >= 4 is 38.2 Å². The predicted octanol–water partition coefficient (Wildman–Crippen LogP) is 1.78. The number of nitrogens with zero attached hydrogens (tertiary/aromatic N) is 1. The Morgan fingerprint density at radius 3 is 2.56 bits per heavy atom. The topological polar surface area (TPSA) is 125 Å². The average Bonchev–Trinajstić information content (AvgIpc) is 3.06. The van der Waals surface area contributed by atoms with E-state index in [1.807, 2.05) is 13.0 Å². The van der Waals surface area contributed by atoms with E-state index in [2.05, 4.69) is 10.0 Å². The van der Waals surface area contributed by atoms with E-state index >= 15 is 0 Å². The van der Waals surface area contributed by atoms with Gasteiger partial charge in [0.2, 0.25) is 10.0 Å². The smallest absolute Gasteiger partial charge is 0.324 e. The van der Waals surface area contributed by atoms with Crippen LogP contribution in [0.3, 0.4) is 0 Å². The van der Waals surface area contributed by atoms with Crippen LogP contribution in [0.4, 0.5) is 5.00 Å². The molecule has 1 aromatic carbocycles. The third-order valence-electron chi connectivity index (χ3n) is 3.40. The van der Waals surface area contributed by atoms with Gasteiger partial charge in [0.25, 0.3) is 5.91 Å². The summed E-state index contributed by atoms with van der Waals surface area (Å²) in [6, 6.07) is 8.43. The summed E-state index contributed by atoms with van der Waals surface area (Å²) in [5.41, 5.74) is 1.21. The molecule has 2 rings (SSSR count). The molecule has 0 radical (unpaired) electrons. The van der Waals surface area contributed by atoms with Crippen molar-refractivity contribution in [3.63, 3.8) is 0 Å². The number of carbonyl (C=O) groups excluding carboxylic acids is 2. The lowest BCUT2D eigenvalue weighted by Crippen LogP contribution is -2.40. The van der Waals surface area contributed by atoms with Crippen molar-refractivity contribution in [1.82, 2.24) is 4.72 Å². The molecule has 2 N–H and O–H groups in total. The van der Waals surface area contributed by atoms with E-state index in [-0.39, 0.29) is 4.90 Å². The molecule has 0 aliphatic heterocycles. The average molecular weight is 407 g/mol. The summed E-state index contributed by atoms with van der Waals surface area (Å²) in [4.78, 5) is 23.8. The molecule has 0 fully saturated rings. The Hall–Kier alpha value is -2.74. The molecule has 1 amide bonds. The number of carbonyl (C=O) groups is 2. The van der Waals surface area contributed by atoms with E-state index < -0.39 is 34.5 Å². The minimum atomic E-state index is -3.90. The monoisotopic (exact) mass is 407 g/mol. The van der Waals surface area contributed by atoms with Crippen LogP contribution < -0.4 is 10.0 Å². The summed E-state index contributed by atoms with van der Waals surface area (Å²) in [6.07, 6.45) is 0. The van der Waals surface area contributed by atoms with Crippen molar-refractivity contribution in [1.29, 1.82) is 5.26 Å². The van der Waals surface area contributed by atoms with Crippen LogP contribution in [0.15, 0.2) is 40.6 Å². The molecule has 0 aliphatic carbocycles. The Morgan fingerprint density at radius 1 is 1.26 bits per heavy atom. The summed E-state index contributed by atoms with van der Waals surface area (Å²) in [5.74, 6) is -1.52. The van der Waals surface area contributed by atoms with Crippen LogP contribution >= 0.6 is 11.3 Å². The number of hydrogen-bond donors (Lipinski definition) is 2. The lowest BCUT2D eigenvalue weighted by Gasteiger charge is -2.14. The first-order valence-electron chi connectivity index (χ1n) is 7.76. The standard InChI is InChI=1S/C17H17N3O5S2/c1-11-3-5-14(6-4-11)27(23,24)20-12(2)17(22)25-10-15(21)19-16-13(9-18)7-8-26-16/h3-8,12,20H,10H2,1-2H3,(H,19,21)/t12-/m0/s1. The second kappa shape index (κ2) is 8.77. The fourth-order valence-corrected chi connectivity index (χ4v) is 3.93. The molecule has 0 aliphatic rings. The number of thiophene rings is 1. The minimum absolute atomic E-state index is 0.0206. The number of amides is 1. The number of hydrogen-bond acceptors (Lipinski definition) is 7. The highest BCUT2D eigenvalue weighted by Crippen LogP contribution is 2.21. The van der Waals surface area contributed by atoms with Crippen molar-refractivity contribution in [2.24, 2.45) is 0 Å². The Kier molecular flexibility index (Phi) is 6.68. The number of benzene rings is 1. The highest BCUT2D eigenvalue weighted by atomic mass is 32.2. The molecule has 142 valence electrons. The SMILES string of the molecule is Cc1ccc(S(=O)(=O)N[C@@H](C)C(=O)OCC(=O)Nc2sccc2C#N)cc1. The maximum Gasteiger partial charge on any atom is 0.324 e. The predicted molar refractivity (Wildman–Crippen MR) is 99.6 cm³/mol. The zero-order valence-corrected chi connectivity index (χ0v) is 16.2. The molecule has 27 heavy (non-hydrogen) atoms. The van der Waals surface area contributed by atoms with Gasteiger partial charge in [0.15, 0.2) is 6.61 Å². The molecule has 1 aromatic heterocycles. The zero-order valence-electron chi connectivity index (χ0n) is 14.6. The summed E-state index contributed by atoms with van der Waals surface area (Å²) in [7, 11) is -3.90. The second-order valence-corrected chi connectivity index (χ2v) is 8.22. The number of anilines is 1. The first kappa shape index (κ1) is 20.6. The quantitative estimate of drug-likeness (QED) is 0.674. The molecule has 0 bridgehead atoms. The highest BCUT2D eigenvalue weighted by Gasteiger charge is 2.23. The fourth-order valence-electron chi connectivity index (χ4n) is 1.98. The van der Waals surface area contributed by atoms with Crippen LogP contribution in [0, 0.1) is 18.3 Å². The molecule has 0 saturated heterocycles. The van der Waals surface area contributed by atoms with E-state index in [4.69, 9.17) is 10.00 Å². The lowest BCUT2D eigenvalue weighted by molar-refractivity contribution is -0.148. The fraction of sp³-hybridized carbons (Fsp3) is 0.235. The van der Waals surface area contributed by atoms with Gasteiger partial charge in [0.1, 0.15) is 17.1 Å². The van der Waals surface area contributed by atoms with Gasteiger partial charge in [0, 0.05) is 0 Å². The van der Waals surface area contributed by atoms with E-state index in [0.29, 0.717) is 10.6 Å². The zero-order chi connectivity index (χ0) is 20.0. The van der Waals surface area contributed by atoms with Crippen molar-refractivity contribution in [3.05, 3.63) is 46.8 Å². The van der Waals surface area contributed by atoms with Crippen LogP contribution in [0.5, 0.6) is 0 Å². The van der Waals surface area contributed by atoms with Gasteiger partial charge in [-0.25, -0.2) is 8.42 Å². The third-order valence-corrected chi connectivity index (χ3v) is 5.79. The molecule has 1 atom stereocenters. The van der Waals surface area contributed by atoms with Crippen LogP contribution in [0.1, 0.15) is 18.1 Å². The second-order valence-electron chi connectivity index (χ2n) is 5.59. The Balaban J connectivity index is 1.89. The summed E-state index contributed by atoms with van der Waals surface area (Å²) < 4.78 is 31.5. The Morgan fingerprint density at radius 2 is 1.93 bits per heavy atom. The summed E-state index contributed by atoms with van der Waals surface area (Å²) >= 11 is 1.16. The Labute approximate surface area is 160 Å². The van der Waals surface area contributed by atoms with Crippen LogP contribution in [-0.2, 0) is 24.3 Å². The first-order valence-corrected chi connectivity index (χ1v) is 10.1. The first-order chi connectivity index (χ1) is 12.7. The molecule has 8 nitrogen and oxygen atoms in total. The molecule has 1 heterocycles. The van der Waals surface area contributed by atoms with E-state index in [9.17, 15) is 18.0 Å². The number of esters is 1. The molecule has 10 heteroatoms. The minimum Gasteiger partial charge on any atom is -0.454 e. The van der Waals surface area contributed by atoms with Crippen molar-refractivity contribution in [2.45, 2.75) is 24.8 Å². The van der Waals surface area contributed by atoms with E-state index in [1.165, 1.54) is 19.1 Å². The van der Waals surface area contributed by atoms with Gasteiger partial charge in [-0.05, 0) is 37.4 Å². The number of rotatable bonds is 7. The van der Waals surface area contributed by atoms with Gasteiger partial charge in [-0.1, -0.05) is 17.7 Å². The van der Waals surface area contributed by atoms with Crippen LogP contribution in [0.2, 0.25) is 0 Å². The number of nitriles is 1. The summed E-state index contributed by atoms with van der Waals surface area (Å²) in [5, 5.41) is 13.3. The Bertz CT molecular complexity index is 975. The largest absolute Gasteiger partial charge is 0.454 e. The van der Waals surface area contributed by atoms with Gasteiger partial charge in [-0.15, -0.1) is 11.3 Å². The molecular formula is C17H17N3O5S2. The van der Waals surface area contributed by atoms with Crippen molar-refractivity contribution < 1.29 is 22.7 Å². The number of nitrogens with one attached hydrogen (secondary N) is 2. The van der Waals surface area contributed by atoms with Gasteiger partial charge < -0.3 is 10.1 Å². The van der Waals surface area contributed by atoms with Crippen molar-refractivity contribution in [2.75, 3.05) is 11.9 Å². The van der Waals surface area contributed by atoms with Gasteiger partial charge >= 0.3 is 5.97 Å². The highest BCUT2D eigenvalue weighted by molar-refractivity contribution is 7.89. The normalized spacial score (nSPS) is 12.0. The maximum absolute atomic E-state index is 12.3. The van der Waals surface area contributed by atoms with E-state index in [0.717, 1.165) is 16.9 Å². The summed E-state index contributed by atoms with van der Waals surface area (Å²) in [6.45, 7) is 2.54. The van der Waals surface area contributed by atoms with Gasteiger partial charge in [0.05, 0.1) is 10.5 Å². The molecule has 0 saturated carbocycles.